The van der Waals surface area contributed by atoms with Crippen LogP contribution in [0.1, 0.15) is 52.4 Å². The number of rotatable bonds is 2. The highest BCUT2D eigenvalue weighted by molar-refractivity contribution is 5.87. The van der Waals surface area contributed by atoms with Crippen LogP contribution < -0.4 is 0 Å². The molecule has 5 atom stereocenters. The fraction of sp³-hybridized carbons (Fsp3) is 0.800. The summed E-state index contributed by atoms with van der Waals surface area (Å²) >= 11 is 0. The molecule has 5 nitrogen and oxygen atoms in total. The molecule has 0 aromatic carbocycles. The van der Waals surface area contributed by atoms with E-state index in [9.17, 15) is 9.59 Å². The Morgan fingerprint density at radius 1 is 1.16 bits per heavy atom. The van der Waals surface area contributed by atoms with Gasteiger partial charge in [0.05, 0.1) is 0 Å². The molecule has 1 amide bonds. The van der Waals surface area contributed by atoms with E-state index in [1.165, 1.54) is 12.8 Å². The topological polar surface area (TPSA) is 49.9 Å². The highest BCUT2D eigenvalue weighted by atomic mass is 16.5. The zero-order chi connectivity index (χ0) is 17.6. The van der Waals surface area contributed by atoms with Gasteiger partial charge in [-0.1, -0.05) is 6.08 Å². The van der Waals surface area contributed by atoms with Crippen LogP contribution in [0.15, 0.2) is 11.6 Å². The van der Waals surface area contributed by atoms with E-state index in [0.717, 1.165) is 45.3 Å². The second-order valence-corrected chi connectivity index (χ2v) is 8.35. The third-order valence-electron chi connectivity index (χ3n) is 6.95. The molecule has 0 aromatic heterocycles. The summed E-state index contributed by atoms with van der Waals surface area (Å²) in [5.41, 5.74) is 0.686. The maximum absolute atomic E-state index is 12.4. The summed E-state index contributed by atoms with van der Waals surface area (Å²) in [6.07, 6.45) is 7.91. The average molecular weight is 346 g/mol. The molecular weight excluding hydrogens is 316 g/mol. The number of piperidine rings is 4. The van der Waals surface area contributed by atoms with Crippen LogP contribution in [-0.2, 0) is 14.3 Å². The van der Waals surface area contributed by atoms with Gasteiger partial charge in [0, 0.05) is 50.1 Å². The number of fused-ring (bicyclic) bond motifs is 6. The van der Waals surface area contributed by atoms with Crippen molar-refractivity contribution < 1.29 is 14.3 Å². The first-order chi connectivity index (χ1) is 12.1. The van der Waals surface area contributed by atoms with Gasteiger partial charge in [0.15, 0.2) is 0 Å². The molecule has 0 N–H and O–H groups in total. The smallest absolute Gasteiger partial charge is 0.333 e. The third-order valence-corrected chi connectivity index (χ3v) is 6.95. The summed E-state index contributed by atoms with van der Waals surface area (Å²) in [5, 5.41) is 0. The SMILES string of the molecule is CC=C(C)C(=O)OC1CCN2CC3CC(CN4C(=O)CCCC34)C2C1. The molecule has 4 rings (SSSR count). The van der Waals surface area contributed by atoms with Gasteiger partial charge in [0.1, 0.15) is 6.10 Å². The third kappa shape index (κ3) is 3.12. The quantitative estimate of drug-likeness (QED) is 0.569. The van der Waals surface area contributed by atoms with E-state index in [1.807, 2.05) is 19.9 Å². The van der Waals surface area contributed by atoms with Crippen LogP contribution in [0.2, 0.25) is 0 Å². The van der Waals surface area contributed by atoms with Crippen molar-refractivity contribution in [1.82, 2.24) is 9.80 Å². The molecule has 2 bridgehead atoms. The Bertz CT molecular complexity index is 587. The predicted octanol–water partition coefficient (Wildman–Crippen LogP) is 2.36. The van der Waals surface area contributed by atoms with Crippen LogP contribution in [0, 0.1) is 11.8 Å². The highest BCUT2D eigenvalue weighted by Gasteiger charge is 2.49. The molecule has 0 spiro atoms. The molecule has 4 heterocycles. The second-order valence-electron chi connectivity index (χ2n) is 8.35. The molecule has 0 saturated carbocycles. The number of hydrogen-bond donors (Lipinski definition) is 0. The van der Waals surface area contributed by atoms with Gasteiger partial charge in [-0.3, -0.25) is 9.69 Å². The van der Waals surface area contributed by atoms with E-state index in [2.05, 4.69) is 9.80 Å². The number of nitrogens with zero attached hydrogens (tertiary/aromatic N) is 2. The van der Waals surface area contributed by atoms with Crippen LogP contribution >= 0.6 is 0 Å². The van der Waals surface area contributed by atoms with E-state index < -0.39 is 0 Å². The monoisotopic (exact) mass is 346 g/mol. The molecule has 4 aliphatic heterocycles. The summed E-state index contributed by atoms with van der Waals surface area (Å²) in [6.45, 7) is 6.73. The number of hydrogen-bond acceptors (Lipinski definition) is 4. The van der Waals surface area contributed by atoms with Crippen LogP contribution in [0.3, 0.4) is 0 Å². The highest BCUT2D eigenvalue weighted by Crippen LogP contribution is 2.43. The largest absolute Gasteiger partial charge is 0.459 e. The van der Waals surface area contributed by atoms with E-state index in [-0.39, 0.29) is 12.1 Å². The predicted molar refractivity (Wildman–Crippen MR) is 94.9 cm³/mol. The minimum atomic E-state index is -0.176. The Morgan fingerprint density at radius 3 is 2.76 bits per heavy atom. The van der Waals surface area contributed by atoms with Crippen molar-refractivity contribution in [3.8, 4) is 0 Å². The first-order valence-electron chi connectivity index (χ1n) is 9.94. The molecule has 4 aliphatic rings. The van der Waals surface area contributed by atoms with Gasteiger partial charge in [0.25, 0.3) is 0 Å². The van der Waals surface area contributed by atoms with Crippen molar-refractivity contribution in [2.24, 2.45) is 11.8 Å². The number of allylic oxidation sites excluding steroid dienone is 1. The molecule has 5 heteroatoms. The Hall–Kier alpha value is -1.36. The summed E-state index contributed by atoms with van der Waals surface area (Å²) < 4.78 is 5.74. The van der Waals surface area contributed by atoms with Crippen LogP contribution in [-0.4, -0.2) is 59.5 Å². The zero-order valence-corrected chi connectivity index (χ0v) is 15.4. The zero-order valence-electron chi connectivity index (χ0n) is 15.4. The summed E-state index contributed by atoms with van der Waals surface area (Å²) in [7, 11) is 0. The number of carbonyl (C=O) groups is 2. The van der Waals surface area contributed by atoms with Crippen molar-refractivity contribution in [2.75, 3.05) is 19.6 Å². The van der Waals surface area contributed by atoms with E-state index in [1.54, 1.807) is 0 Å². The number of ether oxygens (including phenoxy) is 1. The Labute approximate surface area is 150 Å². The first-order valence-corrected chi connectivity index (χ1v) is 9.94. The fourth-order valence-corrected chi connectivity index (χ4v) is 5.52. The number of amides is 1. The van der Waals surface area contributed by atoms with Crippen LogP contribution in [0.5, 0.6) is 0 Å². The molecule has 0 radical (unpaired) electrons. The minimum Gasteiger partial charge on any atom is -0.459 e. The molecule has 4 saturated heterocycles. The van der Waals surface area contributed by atoms with Gasteiger partial charge < -0.3 is 9.64 Å². The fourth-order valence-electron chi connectivity index (χ4n) is 5.52. The summed E-state index contributed by atoms with van der Waals surface area (Å²) in [4.78, 5) is 29.3. The molecule has 25 heavy (non-hydrogen) atoms. The minimum absolute atomic E-state index is 0.0231. The average Bonchev–Trinajstić information content (AvgIpc) is 2.62. The molecule has 138 valence electrons. The van der Waals surface area contributed by atoms with Gasteiger partial charge in [-0.15, -0.1) is 0 Å². The lowest BCUT2D eigenvalue weighted by atomic mass is 9.70. The van der Waals surface area contributed by atoms with Crippen molar-refractivity contribution in [3.05, 3.63) is 11.6 Å². The van der Waals surface area contributed by atoms with Crippen molar-refractivity contribution >= 4 is 11.9 Å². The summed E-state index contributed by atoms with van der Waals surface area (Å²) in [5.74, 6) is 1.37. The van der Waals surface area contributed by atoms with E-state index >= 15 is 0 Å². The first kappa shape index (κ1) is 17.1. The van der Waals surface area contributed by atoms with Gasteiger partial charge in [0.2, 0.25) is 5.91 Å². The van der Waals surface area contributed by atoms with Gasteiger partial charge >= 0.3 is 5.97 Å². The maximum Gasteiger partial charge on any atom is 0.333 e. The lowest BCUT2D eigenvalue weighted by molar-refractivity contribution is -0.156. The second kappa shape index (κ2) is 6.75. The van der Waals surface area contributed by atoms with E-state index in [0.29, 0.717) is 35.4 Å². The maximum atomic E-state index is 12.4. The van der Waals surface area contributed by atoms with Crippen LogP contribution in [0.4, 0.5) is 0 Å². The Balaban J connectivity index is 1.44. The molecule has 0 aromatic rings. The van der Waals surface area contributed by atoms with Crippen molar-refractivity contribution in [3.63, 3.8) is 0 Å². The molecular formula is C20H30N2O3. The lowest BCUT2D eigenvalue weighted by Crippen LogP contribution is -2.65. The van der Waals surface area contributed by atoms with Gasteiger partial charge in [-0.05, 0) is 51.4 Å². The van der Waals surface area contributed by atoms with Gasteiger partial charge in [-0.25, -0.2) is 4.79 Å². The summed E-state index contributed by atoms with van der Waals surface area (Å²) in [6, 6.07) is 0.940. The van der Waals surface area contributed by atoms with Crippen molar-refractivity contribution in [2.45, 2.75) is 70.6 Å². The molecule has 4 fully saturated rings. The molecule has 5 unspecified atom stereocenters. The van der Waals surface area contributed by atoms with Gasteiger partial charge in [-0.2, -0.15) is 0 Å². The van der Waals surface area contributed by atoms with Crippen molar-refractivity contribution in [1.29, 1.82) is 0 Å². The Kier molecular flexibility index (Phi) is 4.61. The number of carbonyl (C=O) groups excluding carboxylic acids is 2. The lowest BCUT2D eigenvalue weighted by Gasteiger charge is -2.57. The Morgan fingerprint density at radius 2 is 1.96 bits per heavy atom. The normalized spacial score (nSPS) is 38.8. The molecule has 0 aliphatic carbocycles. The van der Waals surface area contributed by atoms with Crippen LogP contribution in [0.25, 0.3) is 0 Å². The number of esters is 1. The van der Waals surface area contributed by atoms with E-state index in [4.69, 9.17) is 4.74 Å². The standard InChI is InChI=1S/C20H30N2O3/c1-3-13(2)20(24)25-16-7-8-21-11-14-9-15(18(21)10-16)12-22-17(14)5-4-6-19(22)23/h3,14-18H,4-12H2,1-2H3.